The molecular weight excluding hydrogens is 302 g/mol. The summed E-state index contributed by atoms with van der Waals surface area (Å²) in [4.78, 5) is 25.4. The molecule has 0 spiro atoms. The lowest BCUT2D eigenvalue weighted by molar-refractivity contribution is 0.0696. The fourth-order valence-electron chi connectivity index (χ4n) is 2.69. The summed E-state index contributed by atoms with van der Waals surface area (Å²) in [6.07, 6.45) is 1.59. The predicted octanol–water partition coefficient (Wildman–Crippen LogP) is 3.63. The van der Waals surface area contributed by atoms with Crippen LogP contribution in [0.1, 0.15) is 32.7 Å². The van der Waals surface area contributed by atoms with Crippen molar-refractivity contribution in [3.8, 4) is 0 Å². The molecule has 1 amide bonds. The van der Waals surface area contributed by atoms with Gasteiger partial charge in [0.1, 0.15) is 0 Å². The number of carboxylic acids is 1. The van der Waals surface area contributed by atoms with Crippen molar-refractivity contribution in [2.75, 3.05) is 11.4 Å². The van der Waals surface area contributed by atoms with Crippen LogP contribution >= 0.6 is 11.6 Å². The van der Waals surface area contributed by atoms with Crippen LogP contribution < -0.4 is 4.90 Å². The largest absolute Gasteiger partial charge is 0.478 e. The molecule has 0 bridgehead atoms. The van der Waals surface area contributed by atoms with Crippen molar-refractivity contribution in [1.29, 1.82) is 0 Å². The maximum absolute atomic E-state index is 12.7. The van der Waals surface area contributed by atoms with Crippen LogP contribution in [-0.4, -0.2) is 23.5 Å². The summed E-state index contributed by atoms with van der Waals surface area (Å²) < 4.78 is 0. The summed E-state index contributed by atoms with van der Waals surface area (Å²) >= 11 is 5.85. The molecule has 5 heteroatoms. The smallest absolute Gasteiger partial charge is 0.335 e. The zero-order valence-electron chi connectivity index (χ0n) is 11.8. The van der Waals surface area contributed by atoms with Gasteiger partial charge < -0.3 is 10.0 Å². The van der Waals surface area contributed by atoms with Crippen LogP contribution in [-0.2, 0) is 6.42 Å². The van der Waals surface area contributed by atoms with Gasteiger partial charge in [0.25, 0.3) is 5.91 Å². The number of hydrogen-bond acceptors (Lipinski definition) is 2. The second kappa shape index (κ2) is 5.81. The van der Waals surface area contributed by atoms with Gasteiger partial charge in [0.15, 0.2) is 0 Å². The molecule has 0 fully saturated rings. The molecule has 1 aliphatic rings. The molecule has 0 unspecified atom stereocenters. The van der Waals surface area contributed by atoms with Gasteiger partial charge in [-0.25, -0.2) is 4.79 Å². The monoisotopic (exact) mass is 315 g/mol. The molecule has 0 aromatic heterocycles. The molecule has 22 heavy (non-hydrogen) atoms. The number of anilines is 1. The lowest BCUT2D eigenvalue weighted by atomic mass is 9.98. The molecule has 2 aromatic carbocycles. The number of carbonyl (C=O) groups is 2. The van der Waals surface area contributed by atoms with Gasteiger partial charge in [-0.3, -0.25) is 4.79 Å². The van der Waals surface area contributed by atoms with E-state index in [1.165, 1.54) is 6.07 Å². The van der Waals surface area contributed by atoms with Gasteiger partial charge in [0.05, 0.1) is 5.56 Å². The van der Waals surface area contributed by atoms with E-state index in [1.54, 1.807) is 41.3 Å². The van der Waals surface area contributed by atoms with Crippen molar-refractivity contribution >= 4 is 29.2 Å². The molecule has 0 atom stereocenters. The normalized spacial score (nSPS) is 13.6. The second-order valence-electron chi connectivity index (χ2n) is 5.22. The molecule has 0 aliphatic carbocycles. The summed E-state index contributed by atoms with van der Waals surface area (Å²) in [7, 11) is 0. The number of rotatable bonds is 2. The number of fused-ring (bicyclic) bond motifs is 1. The number of benzene rings is 2. The summed E-state index contributed by atoms with van der Waals surface area (Å²) in [5.41, 5.74) is 2.50. The number of nitrogens with zero attached hydrogens (tertiary/aromatic N) is 1. The van der Waals surface area contributed by atoms with Crippen molar-refractivity contribution in [2.45, 2.75) is 12.8 Å². The third-order valence-corrected chi connectivity index (χ3v) is 4.03. The highest BCUT2D eigenvalue weighted by Gasteiger charge is 2.24. The first-order valence-electron chi connectivity index (χ1n) is 7.00. The first kappa shape index (κ1) is 14.6. The van der Waals surface area contributed by atoms with Crippen LogP contribution in [0.3, 0.4) is 0 Å². The molecule has 2 aromatic rings. The van der Waals surface area contributed by atoms with Gasteiger partial charge in [0, 0.05) is 22.8 Å². The Bertz CT molecular complexity index is 740. The number of amides is 1. The van der Waals surface area contributed by atoms with Crippen LogP contribution in [0.15, 0.2) is 42.5 Å². The average molecular weight is 316 g/mol. The first-order chi connectivity index (χ1) is 10.6. The van der Waals surface area contributed by atoms with Crippen LogP contribution in [0.4, 0.5) is 5.69 Å². The maximum Gasteiger partial charge on any atom is 0.335 e. The van der Waals surface area contributed by atoms with Crippen molar-refractivity contribution in [2.24, 2.45) is 0 Å². The number of aryl methyl sites for hydroxylation is 1. The first-order valence-corrected chi connectivity index (χ1v) is 7.38. The molecular formula is C17H14ClNO3. The van der Waals surface area contributed by atoms with E-state index < -0.39 is 5.97 Å². The van der Waals surface area contributed by atoms with E-state index in [0.29, 0.717) is 17.1 Å². The summed E-state index contributed by atoms with van der Waals surface area (Å²) in [6.45, 7) is 0.626. The van der Waals surface area contributed by atoms with Gasteiger partial charge >= 0.3 is 5.97 Å². The summed E-state index contributed by atoms with van der Waals surface area (Å²) in [5.74, 6) is -1.05. The minimum atomic E-state index is -0.955. The van der Waals surface area contributed by atoms with Gasteiger partial charge in [-0.05, 0) is 60.9 Å². The Labute approximate surface area is 132 Å². The number of carbonyl (C=O) groups excluding carboxylic acids is 1. The van der Waals surface area contributed by atoms with E-state index in [2.05, 4.69) is 0 Å². The fraction of sp³-hybridized carbons (Fsp3) is 0.176. The van der Waals surface area contributed by atoms with Crippen molar-refractivity contribution in [1.82, 2.24) is 0 Å². The van der Waals surface area contributed by atoms with Gasteiger partial charge in [-0.2, -0.15) is 0 Å². The molecule has 0 saturated carbocycles. The van der Waals surface area contributed by atoms with E-state index in [9.17, 15) is 9.59 Å². The third-order valence-electron chi connectivity index (χ3n) is 3.78. The zero-order valence-corrected chi connectivity index (χ0v) is 12.5. The predicted molar refractivity (Wildman–Crippen MR) is 84.9 cm³/mol. The van der Waals surface area contributed by atoms with E-state index in [1.807, 2.05) is 0 Å². The topological polar surface area (TPSA) is 57.6 Å². The van der Waals surface area contributed by atoms with E-state index >= 15 is 0 Å². The highest BCUT2D eigenvalue weighted by atomic mass is 35.5. The zero-order chi connectivity index (χ0) is 15.7. The quantitative estimate of drug-likeness (QED) is 0.920. The highest BCUT2D eigenvalue weighted by molar-refractivity contribution is 6.30. The Balaban J connectivity index is 1.96. The summed E-state index contributed by atoms with van der Waals surface area (Å²) in [5, 5.41) is 9.66. The molecule has 1 heterocycles. The van der Waals surface area contributed by atoms with Crippen LogP contribution in [0.5, 0.6) is 0 Å². The Morgan fingerprint density at radius 2 is 1.73 bits per heavy atom. The minimum Gasteiger partial charge on any atom is -0.478 e. The number of carboxylic acid groups (broad SMARTS) is 1. The Morgan fingerprint density at radius 1 is 1.05 bits per heavy atom. The van der Waals surface area contributed by atoms with Crippen molar-refractivity contribution in [3.63, 3.8) is 0 Å². The lowest BCUT2D eigenvalue weighted by Gasteiger charge is -2.29. The molecule has 1 aliphatic heterocycles. The van der Waals surface area contributed by atoms with Crippen LogP contribution in [0.25, 0.3) is 0 Å². The molecule has 0 saturated heterocycles. The molecule has 3 rings (SSSR count). The lowest BCUT2D eigenvalue weighted by Crippen LogP contribution is -2.35. The fourth-order valence-corrected chi connectivity index (χ4v) is 2.82. The van der Waals surface area contributed by atoms with Crippen LogP contribution in [0.2, 0.25) is 5.02 Å². The van der Waals surface area contributed by atoms with E-state index in [0.717, 1.165) is 24.1 Å². The molecule has 4 nitrogen and oxygen atoms in total. The standard InChI is InChI=1S/C17H14ClNO3/c18-14-6-3-11(4-7-14)16(20)19-9-1-2-12-10-13(17(21)22)5-8-15(12)19/h3-8,10H,1-2,9H2,(H,21,22). The Morgan fingerprint density at radius 3 is 2.41 bits per heavy atom. The van der Waals surface area contributed by atoms with Gasteiger partial charge in [-0.1, -0.05) is 11.6 Å². The van der Waals surface area contributed by atoms with E-state index in [4.69, 9.17) is 16.7 Å². The van der Waals surface area contributed by atoms with E-state index in [-0.39, 0.29) is 11.5 Å². The average Bonchev–Trinajstić information content (AvgIpc) is 2.53. The Hall–Kier alpha value is -2.33. The maximum atomic E-state index is 12.7. The second-order valence-corrected chi connectivity index (χ2v) is 5.65. The molecule has 0 radical (unpaired) electrons. The SMILES string of the molecule is O=C(O)c1ccc2c(c1)CCCN2C(=O)c1ccc(Cl)cc1. The number of halogens is 1. The highest BCUT2D eigenvalue weighted by Crippen LogP contribution is 2.29. The van der Waals surface area contributed by atoms with Gasteiger partial charge in [0.2, 0.25) is 0 Å². The van der Waals surface area contributed by atoms with Crippen LogP contribution in [0, 0.1) is 0 Å². The number of aromatic carboxylic acids is 1. The van der Waals surface area contributed by atoms with Crippen molar-refractivity contribution in [3.05, 3.63) is 64.2 Å². The van der Waals surface area contributed by atoms with Gasteiger partial charge in [-0.15, -0.1) is 0 Å². The Kier molecular flexibility index (Phi) is 3.86. The molecule has 112 valence electrons. The summed E-state index contributed by atoms with van der Waals surface area (Å²) in [6, 6.07) is 11.7. The minimum absolute atomic E-state index is 0.0966. The third kappa shape index (κ3) is 2.70. The van der Waals surface area contributed by atoms with Crippen molar-refractivity contribution < 1.29 is 14.7 Å². The number of hydrogen-bond donors (Lipinski definition) is 1. The molecule has 1 N–H and O–H groups in total.